The van der Waals surface area contributed by atoms with Gasteiger partial charge in [-0.25, -0.2) is 19.3 Å². The van der Waals surface area contributed by atoms with E-state index in [1.54, 1.807) is 18.5 Å². The highest BCUT2D eigenvalue weighted by atomic mass is 19.1. The van der Waals surface area contributed by atoms with Crippen molar-refractivity contribution in [2.75, 3.05) is 6.54 Å². The van der Waals surface area contributed by atoms with Crippen LogP contribution in [-0.2, 0) is 13.0 Å². The third-order valence-electron chi connectivity index (χ3n) is 11.1. The third-order valence-corrected chi connectivity index (χ3v) is 11.1. The predicted octanol–water partition coefficient (Wildman–Crippen LogP) is 5.49. The van der Waals surface area contributed by atoms with Crippen molar-refractivity contribution in [1.29, 1.82) is 0 Å². The molecule has 2 amide bonds. The lowest BCUT2D eigenvalue weighted by Gasteiger charge is -2.37. The van der Waals surface area contributed by atoms with Crippen LogP contribution in [0.15, 0.2) is 42.7 Å². The van der Waals surface area contributed by atoms with Crippen LogP contribution < -0.4 is 11.1 Å². The molecule has 2 aliphatic carbocycles. The van der Waals surface area contributed by atoms with Crippen LogP contribution in [-0.4, -0.2) is 64.4 Å². The molecule has 4 bridgehead atoms. The topological polar surface area (TPSA) is 137 Å². The number of hydrogen-bond acceptors (Lipinski definition) is 7. The number of nitrogens with two attached hydrogens (primary N) is 1. The maximum Gasteiger partial charge on any atom is 0.272 e. The number of piperidine rings is 1. The Bertz CT molecular complexity index is 2140. The van der Waals surface area contributed by atoms with E-state index >= 15 is 4.39 Å². The summed E-state index contributed by atoms with van der Waals surface area (Å²) in [7, 11) is 0. The highest BCUT2D eigenvalue weighted by Crippen LogP contribution is 2.43. The summed E-state index contributed by atoms with van der Waals surface area (Å²) in [6.07, 6.45) is 11.3. The van der Waals surface area contributed by atoms with Gasteiger partial charge in [-0.1, -0.05) is 6.42 Å². The lowest BCUT2D eigenvalue weighted by atomic mass is 9.94. The number of imidazole rings is 1. The molecule has 3 fully saturated rings. The van der Waals surface area contributed by atoms with Crippen LogP contribution in [0, 0.1) is 11.7 Å². The summed E-state index contributed by atoms with van der Waals surface area (Å²) in [5, 5.41) is 4.01. The van der Waals surface area contributed by atoms with Gasteiger partial charge >= 0.3 is 0 Å². The van der Waals surface area contributed by atoms with Crippen LogP contribution >= 0.6 is 0 Å². The fourth-order valence-corrected chi connectivity index (χ4v) is 8.39. The molecule has 11 nitrogen and oxygen atoms in total. The summed E-state index contributed by atoms with van der Waals surface area (Å²) in [5.41, 5.74) is 11.1. The van der Waals surface area contributed by atoms with Gasteiger partial charge < -0.3 is 25.1 Å². The van der Waals surface area contributed by atoms with Gasteiger partial charge in [0.1, 0.15) is 22.7 Å². The summed E-state index contributed by atoms with van der Waals surface area (Å²) in [6.45, 7) is 3.12. The Labute approximate surface area is 283 Å². The van der Waals surface area contributed by atoms with Crippen LogP contribution in [0.5, 0.6) is 0 Å². The summed E-state index contributed by atoms with van der Waals surface area (Å²) < 4.78 is 20.5. The number of aromatic nitrogens is 6. The number of pyridine rings is 1. The zero-order valence-electron chi connectivity index (χ0n) is 27.6. The van der Waals surface area contributed by atoms with Crippen molar-refractivity contribution < 1.29 is 14.0 Å². The number of rotatable bonds is 3. The van der Waals surface area contributed by atoms with E-state index in [0.717, 1.165) is 73.8 Å². The van der Waals surface area contributed by atoms with Gasteiger partial charge in [0.15, 0.2) is 5.82 Å². The maximum absolute atomic E-state index is 16.2. The molecule has 0 radical (unpaired) electrons. The van der Waals surface area contributed by atoms with Crippen LogP contribution in [0.25, 0.3) is 33.6 Å². The summed E-state index contributed by atoms with van der Waals surface area (Å²) >= 11 is 0. The zero-order valence-corrected chi connectivity index (χ0v) is 27.6. The molecule has 1 aromatic carbocycles. The van der Waals surface area contributed by atoms with Crippen LogP contribution in [0.3, 0.4) is 0 Å². The first kappa shape index (κ1) is 30.4. The first-order valence-corrected chi connectivity index (χ1v) is 17.7. The monoisotopic (exact) mass is 661 g/mol. The number of halogens is 1. The second-order valence-electron chi connectivity index (χ2n) is 14.4. The van der Waals surface area contributed by atoms with Gasteiger partial charge in [0.25, 0.3) is 11.8 Å². The minimum Gasteiger partial charge on any atom is -0.343 e. The molecule has 252 valence electrons. The number of nitrogens with zero attached hydrogens (tertiary/aromatic N) is 7. The molecule has 6 heterocycles. The second kappa shape index (κ2) is 11.7. The fraction of sp³-hybridized carbons (Fsp3) is 0.459. The molecule has 4 aliphatic rings. The summed E-state index contributed by atoms with van der Waals surface area (Å²) in [5.74, 6) is 0.290. The number of aryl methyl sites for hydroxylation is 2. The van der Waals surface area contributed by atoms with Crippen molar-refractivity contribution in [3.63, 3.8) is 0 Å². The molecule has 9 rings (SSSR count). The summed E-state index contributed by atoms with van der Waals surface area (Å²) in [6, 6.07) is 9.10. The SMILES string of the molecule is C[C@H]1NC(=O)c2nccnc2CCCCCn2c(-c3nc4cc(C(=O)N5C[C@H](N)[C@@H]6CC[C@H]5C6)cc(F)c4n3C3CC3)cc3ccc1nc32. The Hall–Kier alpha value is -4.71. The van der Waals surface area contributed by atoms with Crippen LogP contribution in [0.4, 0.5) is 4.39 Å². The molecule has 12 heteroatoms. The maximum atomic E-state index is 16.2. The number of carbonyl (C=O) groups is 2. The average Bonchev–Trinajstić information content (AvgIpc) is 3.57. The third kappa shape index (κ3) is 5.19. The smallest absolute Gasteiger partial charge is 0.272 e. The van der Waals surface area contributed by atoms with E-state index in [1.165, 1.54) is 6.07 Å². The number of hydrogen-bond donors (Lipinski definition) is 2. The standard InChI is InChI=1S/C37H40FN9O2/c1-20-28-11-7-22-18-31(45(34(22)43-28)14-4-2-3-5-29-32(36(48)42-20)41-13-12-40-29)35-44-30-17-23(16-26(38)33(30)47(35)24-9-10-24)37(49)46-19-27(39)21-6-8-25(46)15-21/h7,11-13,16-18,20-21,24-25,27H,2-6,8-10,14-15,19,39H2,1H3,(H,42,48)/t20-,21-,25+,27+/m1/s1. The molecule has 1 saturated heterocycles. The van der Waals surface area contributed by atoms with Gasteiger partial charge in [-0.3, -0.25) is 14.6 Å². The molecule has 3 N–H and O–H groups in total. The van der Waals surface area contributed by atoms with Crippen molar-refractivity contribution in [3.8, 4) is 11.5 Å². The number of carbonyl (C=O) groups excluding carboxylic acids is 2. The van der Waals surface area contributed by atoms with Crippen molar-refractivity contribution >= 4 is 33.9 Å². The number of amides is 2. The molecule has 4 aromatic heterocycles. The Morgan fingerprint density at radius 2 is 1.84 bits per heavy atom. The molecule has 5 aromatic rings. The minimum atomic E-state index is -0.428. The van der Waals surface area contributed by atoms with Crippen molar-refractivity contribution in [2.24, 2.45) is 11.7 Å². The number of fused-ring (bicyclic) bond motifs is 5. The van der Waals surface area contributed by atoms with Crippen LogP contribution in [0.1, 0.15) is 103 Å². The molecule has 0 spiro atoms. The van der Waals surface area contributed by atoms with E-state index < -0.39 is 5.82 Å². The number of benzene rings is 1. The normalized spacial score (nSPS) is 24.3. The molecule has 2 saturated carbocycles. The molecule has 2 aliphatic heterocycles. The second-order valence-corrected chi connectivity index (χ2v) is 14.4. The zero-order chi connectivity index (χ0) is 33.4. The van der Waals surface area contributed by atoms with Gasteiger partial charge in [0.2, 0.25) is 0 Å². The Morgan fingerprint density at radius 1 is 1.00 bits per heavy atom. The van der Waals surface area contributed by atoms with Crippen LogP contribution in [0.2, 0.25) is 0 Å². The quantitative estimate of drug-likeness (QED) is 0.261. The number of likely N-dealkylation sites (tertiary alicyclic amines) is 1. The van der Waals surface area contributed by atoms with E-state index in [4.69, 9.17) is 15.7 Å². The molecular formula is C37H40FN9O2. The molecule has 4 atom stereocenters. The summed E-state index contributed by atoms with van der Waals surface area (Å²) in [4.78, 5) is 47.9. The van der Waals surface area contributed by atoms with Crippen molar-refractivity contribution in [2.45, 2.75) is 95.4 Å². The van der Waals surface area contributed by atoms with E-state index in [1.807, 2.05) is 28.5 Å². The van der Waals surface area contributed by atoms with Gasteiger partial charge in [-0.05, 0) is 94.5 Å². The predicted molar refractivity (Wildman–Crippen MR) is 182 cm³/mol. The highest BCUT2D eigenvalue weighted by molar-refractivity contribution is 5.99. The van der Waals surface area contributed by atoms with Gasteiger partial charge in [-0.2, -0.15) is 0 Å². The minimum absolute atomic E-state index is 0.0421. The van der Waals surface area contributed by atoms with E-state index in [-0.39, 0.29) is 36.0 Å². The van der Waals surface area contributed by atoms with Gasteiger partial charge in [0.05, 0.1) is 28.6 Å². The highest BCUT2D eigenvalue weighted by Gasteiger charge is 2.41. The Morgan fingerprint density at radius 3 is 2.69 bits per heavy atom. The largest absolute Gasteiger partial charge is 0.343 e. The van der Waals surface area contributed by atoms with E-state index in [0.29, 0.717) is 59.2 Å². The average molecular weight is 662 g/mol. The van der Waals surface area contributed by atoms with Crippen molar-refractivity contribution in [1.82, 2.24) is 39.3 Å². The fourth-order valence-electron chi connectivity index (χ4n) is 8.39. The van der Waals surface area contributed by atoms with E-state index in [9.17, 15) is 9.59 Å². The first-order chi connectivity index (χ1) is 23.8. The van der Waals surface area contributed by atoms with E-state index in [2.05, 4.69) is 25.9 Å². The number of nitrogens with one attached hydrogen (secondary N) is 1. The Kier molecular flexibility index (Phi) is 7.26. The molecular weight excluding hydrogens is 621 g/mol. The lowest BCUT2D eigenvalue weighted by Crippen LogP contribution is -2.51. The Balaban J connectivity index is 1.13. The first-order valence-electron chi connectivity index (χ1n) is 17.7. The van der Waals surface area contributed by atoms with Gasteiger partial charge in [-0.15, -0.1) is 0 Å². The molecule has 49 heavy (non-hydrogen) atoms. The van der Waals surface area contributed by atoms with Crippen molar-refractivity contribution in [3.05, 3.63) is 71.2 Å². The molecule has 0 unspecified atom stereocenters. The van der Waals surface area contributed by atoms with Gasteiger partial charge in [0, 0.05) is 54.6 Å². The lowest BCUT2D eigenvalue weighted by molar-refractivity contribution is 0.0603.